The summed E-state index contributed by atoms with van der Waals surface area (Å²) < 4.78 is 11.2. The van der Waals surface area contributed by atoms with E-state index in [2.05, 4.69) is 15.9 Å². The van der Waals surface area contributed by atoms with Crippen LogP contribution >= 0.6 is 0 Å². The first kappa shape index (κ1) is 16.7. The summed E-state index contributed by atoms with van der Waals surface area (Å²) in [5, 5.41) is 11.2. The molecule has 7 heteroatoms. The summed E-state index contributed by atoms with van der Waals surface area (Å²) in [6.07, 6.45) is 0. The van der Waals surface area contributed by atoms with Crippen LogP contribution in [0.5, 0.6) is 11.5 Å². The number of hydrogen-bond donors (Lipinski definition) is 0. The van der Waals surface area contributed by atoms with Crippen molar-refractivity contribution in [2.75, 3.05) is 44.3 Å². The zero-order valence-electron chi connectivity index (χ0n) is 14.5. The van der Waals surface area contributed by atoms with Crippen LogP contribution in [-0.4, -0.2) is 49.2 Å². The predicted octanol–water partition coefficient (Wildman–Crippen LogP) is 2.69. The van der Waals surface area contributed by atoms with E-state index in [1.54, 1.807) is 12.1 Å². The van der Waals surface area contributed by atoms with Crippen LogP contribution in [0.15, 0.2) is 42.5 Å². The van der Waals surface area contributed by atoms with Crippen LogP contribution in [0.4, 0.5) is 11.4 Å². The van der Waals surface area contributed by atoms with Gasteiger partial charge in [-0.2, -0.15) is 0 Å². The highest BCUT2D eigenvalue weighted by Crippen LogP contribution is 2.32. The third-order valence-corrected chi connectivity index (χ3v) is 4.80. The molecule has 0 N–H and O–H groups in total. The smallest absolute Gasteiger partial charge is 0.292 e. The molecule has 0 amide bonds. The molecule has 0 saturated carbocycles. The molecule has 1 saturated heterocycles. The fourth-order valence-corrected chi connectivity index (χ4v) is 3.48. The number of hydrogen-bond acceptors (Lipinski definition) is 6. The zero-order chi connectivity index (χ0) is 17.9. The highest BCUT2D eigenvalue weighted by molar-refractivity contribution is 5.63. The molecule has 4 rings (SSSR count). The molecular formula is C19H21N3O4. The van der Waals surface area contributed by atoms with Crippen molar-refractivity contribution in [2.24, 2.45) is 0 Å². The van der Waals surface area contributed by atoms with Gasteiger partial charge in [0.2, 0.25) is 0 Å². The summed E-state index contributed by atoms with van der Waals surface area (Å²) in [4.78, 5) is 15.4. The van der Waals surface area contributed by atoms with Crippen molar-refractivity contribution in [3.05, 3.63) is 58.1 Å². The molecule has 0 radical (unpaired) electrons. The van der Waals surface area contributed by atoms with Gasteiger partial charge in [-0.05, 0) is 23.8 Å². The fraction of sp³-hybridized carbons (Fsp3) is 0.368. The first-order valence-electron chi connectivity index (χ1n) is 8.80. The molecular weight excluding hydrogens is 334 g/mol. The minimum atomic E-state index is -0.309. The molecule has 136 valence electrons. The number of piperazine rings is 1. The van der Waals surface area contributed by atoms with E-state index in [-0.39, 0.29) is 10.6 Å². The monoisotopic (exact) mass is 355 g/mol. The van der Waals surface area contributed by atoms with Gasteiger partial charge in [0.15, 0.2) is 11.5 Å². The fourth-order valence-electron chi connectivity index (χ4n) is 3.48. The minimum Gasteiger partial charge on any atom is -0.486 e. The van der Waals surface area contributed by atoms with Crippen molar-refractivity contribution in [3.63, 3.8) is 0 Å². The van der Waals surface area contributed by atoms with Gasteiger partial charge in [-0.25, -0.2) is 0 Å². The van der Waals surface area contributed by atoms with Gasteiger partial charge in [0, 0.05) is 38.8 Å². The highest BCUT2D eigenvalue weighted by Gasteiger charge is 2.23. The van der Waals surface area contributed by atoms with Crippen LogP contribution in [0.25, 0.3) is 0 Å². The molecule has 2 aliphatic rings. The van der Waals surface area contributed by atoms with Crippen LogP contribution in [0.1, 0.15) is 5.56 Å². The summed E-state index contributed by atoms with van der Waals surface area (Å²) in [6, 6.07) is 13.0. The molecule has 0 aliphatic carbocycles. The van der Waals surface area contributed by atoms with Crippen LogP contribution in [0.2, 0.25) is 0 Å². The largest absolute Gasteiger partial charge is 0.486 e. The molecule has 2 heterocycles. The molecule has 0 bridgehead atoms. The summed E-state index contributed by atoms with van der Waals surface area (Å²) >= 11 is 0. The van der Waals surface area contributed by atoms with Gasteiger partial charge in [0.1, 0.15) is 18.9 Å². The molecule has 2 aromatic rings. The third kappa shape index (κ3) is 3.43. The van der Waals surface area contributed by atoms with E-state index < -0.39 is 0 Å². The van der Waals surface area contributed by atoms with Gasteiger partial charge in [-0.1, -0.05) is 18.2 Å². The Kier molecular flexibility index (Phi) is 4.62. The molecule has 0 aromatic heterocycles. The lowest BCUT2D eigenvalue weighted by Gasteiger charge is -2.35. The molecule has 2 aromatic carbocycles. The summed E-state index contributed by atoms with van der Waals surface area (Å²) in [6.45, 7) is 5.29. The number of nitro groups is 1. The lowest BCUT2D eigenvalue weighted by Crippen LogP contribution is -2.46. The van der Waals surface area contributed by atoms with Crippen molar-refractivity contribution in [3.8, 4) is 11.5 Å². The van der Waals surface area contributed by atoms with Crippen LogP contribution in [0.3, 0.4) is 0 Å². The molecule has 0 spiro atoms. The van der Waals surface area contributed by atoms with E-state index in [0.29, 0.717) is 18.9 Å². The summed E-state index contributed by atoms with van der Waals surface area (Å²) in [7, 11) is 0. The normalized spacial score (nSPS) is 17.2. The number of nitro benzene ring substituents is 1. The second-order valence-electron chi connectivity index (χ2n) is 6.49. The number of ether oxygens (including phenoxy) is 2. The molecule has 1 fully saturated rings. The topological polar surface area (TPSA) is 68.1 Å². The Labute approximate surface area is 151 Å². The molecule has 26 heavy (non-hydrogen) atoms. The van der Waals surface area contributed by atoms with E-state index in [0.717, 1.165) is 44.2 Å². The maximum Gasteiger partial charge on any atom is 0.292 e. The first-order chi connectivity index (χ1) is 12.7. The number of rotatable bonds is 4. The Morgan fingerprint density at radius 1 is 0.962 bits per heavy atom. The van der Waals surface area contributed by atoms with Crippen molar-refractivity contribution >= 4 is 11.4 Å². The highest BCUT2D eigenvalue weighted by atomic mass is 16.6. The number of anilines is 1. The van der Waals surface area contributed by atoms with Gasteiger partial charge in [-0.3, -0.25) is 15.0 Å². The van der Waals surface area contributed by atoms with Crippen LogP contribution in [-0.2, 0) is 6.54 Å². The Hall–Kier alpha value is -2.80. The number of para-hydroxylation sites is 2. The van der Waals surface area contributed by atoms with E-state index in [1.165, 1.54) is 5.56 Å². The molecule has 0 atom stereocenters. The van der Waals surface area contributed by atoms with E-state index in [9.17, 15) is 10.1 Å². The Morgan fingerprint density at radius 3 is 2.46 bits per heavy atom. The number of nitrogens with zero attached hydrogens (tertiary/aromatic N) is 3. The van der Waals surface area contributed by atoms with Crippen molar-refractivity contribution < 1.29 is 14.4 Å². The predicted molar refractivity (Wildman–Crippen MR) is 98.0 cm³/mol. The third-order valence-electron chi connectivity index (χ3n) is 4.80. The molecule has 0 unspecified atom stereocenters. The first-order valence-corrected chi connectivity index (χ1v) is 8.80. The van der Waals surface area contributed by atoms with Crippen molar-refractivity contribution in [2.45, 2.75) is 6.54 Å². The van der Waals surface area contributed by atoms with E-state index in [1.807, 2.05) is 24.3 Å². The lowest BCUT2D eigenvalue weighted by atomic mass is 10.1. The zero-order valence-corrected chi connectivity index (χ0v) is 14.5. The lowest BCUT2D eigenvalue weighted by molar-refractivity contribution is -0.384. The Bertz CT molecular complexity index is 803. The van der Waals surface area contributed by atoms with Crippen molar-refractivity contribution in [1.29, 1.82) is 0 Å². The van der Waals surface area contributed by atoms with E-state index >= 15 is 0 Å². The van der Waals surface area contributed by atoms with Gasteiger partial charge in [0.05, 0.1) is 4.92 Å². The molecule has 2 aliphatic heterocycles. The number of fused-ring (bicyclic) bond motifs is 1. The van der Waals surface area contributed by atoms with E-state index in [4.69, 9.17) is 9.47 Å². The maximum atomic E-state index is 11.2. The number of benzene rings is 2. The Balaban J connectivity index is 1.39. The van der Waals surface area contributed by atoms with Gasteiger partial charge < -0.3 is 14.4 Å². The SMILES string of the molecule is O=[N+]([O-])c1ccccc1N1CCN(Cc2ccc3c(c2)OCCO3)CC1. The quantitative estimate of drug-likeness (QED) is 0.620. The minimum absolute atomic E-state index is 0.174. The average molecular weight is 355 g/mol. The van der Waals surface area contributed by atoms with Crippen molar-refractivity contribution in [1.82, 2.24) is 4.90 Å². The summed E-state index contributed by atoms with van der Waals surface area (Å²) in [5.41, 5.74) is 2.07. The van der Waals surface area contributed by atoms with Gasteiger partial charge >= 0.3 is 0 Å². The summed E-state index contributed by atoms with van der Waals surface area (Å²) in [5.74, 6) is 1.62. The second kappa shape index (κ2) is 7.21. The standard InChI is InChI=1S/C19H21N3O4/c23-22(24)17-4-2-1-3-16(17)21-9-7-20(8-10-21)14-15-5-6-18-19(13-15)26-12-11-25-18/h1-6,13H,7-12,14H2. The Morgan fingerprint density at radius 2 is 1.69 bits per heavy atom. The van der Waals surface area contributed by atoms with Gasteiger partial charge in [-0.15, -0.1) is 0 Å². The van der Waals surface area contributed by atoms with Crippen LogP contribution < -0.4 is 14.4 Å². The van der Waals surface area contributed by atoms with Gasteiger partial charge in [0.25, 0.3) is 5.69 Å². The second-order valence-corrected chi connectivity index (χ2v) is 6.49. The van der Waals surface area contributed by atoms with Crippen LogP contribution in [0, 0.1) is 10.1 Å². The molecule has 7 nitrogen and oxygen atoms in total. The average Bonchev–Trinajstić information content (AvgIpc) is 2.68. The maximum absolute atomic E-state index is 11.2.